The van der Waals surface area contributed by atoms with Gasteiger partial charge in [-0.2, -0.15) is 0 Å². The molecule has 25 heavy (non-hydrogen) atoms. The molecule has 0 bridgehead atoms. The van der Waals surface area contributed by atoms with Gasteiger partial charge in [-0.1, -0.05) is 43.2 Å². The lowest BCUT2D eigenvalue weighted by Gasteiger charge is -2.37. The van der Waals surface area contributed by atoms with Crippen LogP contribution in [0.1, 0.15) is 37.2 Å². The first-order valence-corrected chi connectivity index (χ1v) is 8.79. The number of amides is 1. The highest BCUT2D eigenvalue weighted by Crippen LogP contribution is 2.43. The van der Waals surface area contributed by atoms with E-state index in [1.807, 2.05) is 30.3 Å². The topological polar surface area (TPSA) is 67.4 Å². The number of nitrogens with one attached hydrogen (secondary N) is 2. The molecule has 3 atom stereocenters. The molecule has 0 aromatic heterocycles. The summed E-state index contributed by atoms with van der Waals surface area (Å²) in [6.45, 7) is 1.95. The molecule has 1 unspecified atom stereocenters. The van der Waals surface area contributed by atoms with Gasteiger partial charge in [-0.15, -0.1) is 12.4 Å². The van der Waals surface area contributed by atoms with Crippen molar-refractivity contribution >= 4 is 24.3 Å². The third-order valence-corrected chi connectivity index (χ3v) is 5.64. The molecule has 2 aliphatic rings. The van der Waals surface area contributed by atoms with Gasteiger partial charge >= 0.3 is 5.97 Å². The second kappa shape index (κ2) is 8.68. The third kappa shape index (κ3) is 3.98. The van der Waals surface area contributed by atoms with Gasteiger partial charge in [0.1, 0.15) is 0 Å². The van der Waals surface area contributed by atoms with Crippen molar-refractivity contribution in [2.45, 2.75) is 31.6 Å². The number of esters is 1. The Morgan fingerprint density at radius 3 is 2.80 bits per heavy atom. The molecular formula is C19H27ClN2O3. The molecule has 0 spiro atoms. The molecule has 5 nitrogen and oxygen atoms in total. The van der Waals surface area contributed by atoms with E-state index in [0.29, 0.717) is 5.92 Å². The number of hydrogen-bond donors (Lipinski definition) is 2. The van der Waals surface area contributed by atoms with E-state index >= 15 is 0 Å². The Bertz CT molecular complexity index is 596. The number of methoxy groups -OCH3 is 1. The summed E-state index contributed by atoms with van der Waals surface area (Å²) >= 11 is 0. The van der Waals surface area contributed by atoms with Crippen molar-refractivity contribution in [2.24, 2.45) is 11.3 Å². The lowest BCUT2D eigenvalue weighted by Crippen LogP contribution is -2.49. The summed E-state index contributed by atoms with van der Waals surface area (Å²) in [5.41, 5.74) is 0.571. The summed E-state index contributed by atoms with van der Waals surface area (Å²) in [4.78, 5) is 25.1. The monoisotopic (exact) mass is 366 g/mol. The van der Waals surface area contributed by atoms with E-state index in [1.165, 1.54) is 13.5 Å². The molecule has 1 aromatic carbocycles. The van der Waals surface area contributed by atoms with Crippen LogP contribution in [0.3, 0.4) is 0 Å². The average Bonchev–Trinajstić information content (AvgIpc) is 3.07. The predicted octanol–water partition coefficient (Wildman–Crippen LogP) is 2.26. The van der Waals surface area contributed by atoms with E-state index in [0.717, 1.165) is 37.9 Å². The van der Waals surface area contributed by atoms with Crippen molar-refractivity contribution in [1.29, 1.82) is 0 Å². The van der Waals surface area contributed by atoms with E-state index in [4.69, 9.17) is 4.74 Å². The largest absolute Gasteiger partial charge is 0.468 e. The Morgan fingerprint density at radius 2 is 2.08 bits per heavy atom. The van der Waals surface area contributed by atoms with E-state index in [2.05, 4.69) is 10.6 Å². The zero-order chi connectivity index (χ0) is 17.0. The molecule has 1 saturated carbocycles. The van der Waals surface area contributed by atoms with Crippen LogP contribution in [0.2, 0.25) is 0 Å². The van der Waals surface area contributed by atoms with E-state index in [-0.39, 0.29) is 36.2 Å². The maximum atomic E-state index is 12.9. The number of carbonyl (C=O) groups excluding carboxylic acids is 2. The summed E-state index contributed by atoms with van der Waals surface area (Å²) in [6.07, 6.45) is 4.35. The average molecular weight is 367 g/mol. The fraction of sp³-hybridized carbons (Fsp3) is 0.579. The first-order valence-electron chi connectivity index (χ1n) is 8.79. The van der Waals surface area contributed by atoms with Crippen LogP contribution in [0.5, 0.6) is 0 Å². The Balaban J connectivity index is 0.00000225. The molecule has 1 heterocycles. The smallest absolute Gasteiger partial charge is 0.314 e. The Labute approximate surface area is 155 Å². The molecule has 3 rings (SSSR count). The number of carbonyl (C=O) groups is 2. The van der Waals surface area contributed by atoms with Gasteiger partial charge in [-0.3, -0.25) is 9.59 Å². The minimum Gasteiger partial charge on any atom is -0.468 e. The van der Waals surface area contributed by atoms with Gasteiger partial charge in [0, 0.05) is 13.1 Å². The Kier molecular flexibility index (Phi) is 6.85. The summed E-state index contributed by atoms with van der Waals surface area (Å²) in [6, 6.07) is 9.49. The van der Waals surface area contributed by atoms with Crippen LogP contribution in [-0.4, -0.2) is 38.6 Å². The van der Waals surface area contributed by atoms with Crippen molar-refractivity contribution in [2.75, 3.05) is 26.7 Å². The number of fused-ring (bicyclic) bond motifs is 1. The van der Waals surface area contributed by atoms with Crippen molar-refractivity contribution in [3.8, 4) is 0 Å². The van der Waals surface area contributed by atoms with Gasteiger partial charge in [0.25, 0.3) is 0 Å². The third-order valence-electron chi connectivity index (χ3n) is 5.64. The second-order valence-electron chi connectivity index (χ2n) is 6.93. The lowest BCUT2D eigenvalue weighted by atomic mass is 9.67. The van der Waals surface area contributed by atoms with E-state index in [9.17, 15) is 9.59 Å². The zero-order valence-electron chi connectivity index (χ0n) is 14.6. The molecular weight excluding hydrogens is 340 g/mol. The Hall–Kier alpha value is -1.59. The molecule has 1 saturated heterocycles. The van der Waals surface area contributed by atoms with Crippen molar-refractivity contribution in [1.82, 2.24) is 10.6 Å². The van der Waals surface area contributed by atoms with Crippen molar-refractivity contribution in [3.05, 3.63) is 35.9 Å². The number of ether oxygens (including phenoxy) is 1. The molecule has 138 valence electrons. The van der Waals surface area contributed by atoms with Crippen molar-refractivity contribution < 1.29 is 14.3 Å². The molecule has 2 N–H and O–H groups in total. The normalized spacial score (nSPS) is 26.0. The molecule has 1 aromatic rings. The van der Waals surface area contributed by atoms with Gasteiger partial charge in [0.2, 0.25) is 5.91 Å². The summed E-state index contributed by atoms with van der Waals surface area (Å²) in [5.74, 6) is -0.279. The highest BCUT2D eigenvalue weighted by molar-refractivity contribution is 5.86. The summed E-state index contributed by atoms with van der Waals surface area (Å²) in [5, 5.41) is 6.44. The number of benzene rings is 1. The van der Waals surface area contributed by atoms with Gasteiger partial charge < -0.3 is 15.4 Å². The van der Waals surface area contributed by atoms with Crippen LogP contribution in [-0.2, 0) is 14.3 Å². The van der Waals surface area contributed by atoms with Crippen LogP contribution < -0.4 is 10.6 Å². The van der Waals surface area contributed by atoms with Crippen LogP contribution in [0.4, 0.5) is 0 Å². The van der Waals surface area contributed by atoms with Gasteiger partial charge in [-0.05, 0) is 30.9 Å². The maximum absolute atomic E-state index is 12.9. The highest BCUT2D eigenvalue weighted by atomic mass is 35.5. The van der Waals surface area contributed by atoms with Crippen LogP contribution in [0.25, 0.3) is 0 Å². The first-order chi connectivity index (χ1) is 11.7. The molecule has 0 radical (unpaired) electrons. The fourth-order valence-electron chi connectivity index (χ4n) is 4.23. The standard InChI is InChI=1S/C19H26N2O3.ClH/c1-24-17(22)16(14-7-3-2-4-8-14)12-21-18(23)19-10-6-5-9-15(19)11-20-13-19;/h2-4,7-8,15-16,20H,5-6,9-13H2,1H3,(H,21,23);1H/t15-,16?,19+;/m0./s1. The van der Waals surface area contributed by atoms with Crippen LogP contribution >= 0.6 is 12.4 Å². The molecule has 1 aliphatic carbocycles. The minimum atomic E-state index is -0.465. The van der Waals surface area contributed by atoms with Crippen LogP contribution in [0.15, 0.2) is 30.3 Å². The highest BCUT2D eigenvalue weighted by Gasteiger charge is 2.49. The predicted molar refractivity (Wildman–Crippen MR) is 98.7 cm³/mol. The van der Waals surface area contributed by atoms with Gasteiger partial charge in [-0.25, -0.2) is 0 Å². The number of rotatable bonds is 5. The minimum absolute atomic E-state index is 0. The molecule has 1 amide bonds. The van der Waals surface area contributed by atoms with E-state index in [1.54, 1.807) is 0 Å². The first kappa shape index (κ1) is 19.7. The second-order valence-corrected chi connectivity index (χ2v) is 6.93. The molecule has 6 heteroatoms. The maximum Gasteiger partial charge on any atom is 0.314 e. The van der Waals surface area contributed by atoms with Gasteiger partial charge in [0.15, 0.2) is 0 Å². The van der Waals surface area contributed by atoms with E-state index < -0.39 is 5.92 Å². The summed E-state index contributed by atoms with van der Waals surface area (Å²) < 4.78 is 4.93. The molecule has 1 aliphatic heterocycles. The zero-order valence-corrected chi connectivity index (χ0v) is 15.4. The number of halogens is 1. The fourth-order valence-corrected chi connectivity index (χ4v) is 4.23. The lowest BCUT2D eigenvalue weighted by molar-refractivity contribution is -0.142. The quantitative estimate of drug-likeness (QED) is 0.784. The SMILES string of the molecule is COC(=O)C(CNC(=O)[C@@]12CCCC[C@H]1CNC2)c1ccccc1.Cl. The molecule has 2 fully saturated rings. The van der Waals surface area contributed by atoms with Gasteiger partial charge in [0.05, 0.1) is 18.4 Å². The van der Waals surface area contributed by atoms with Crippen molar-refractivity contribution in [3.63, 3.8) is 0 Å². The van der Waals surface area contributed by atoms with Crippen LogP contribution in [0, 0.1) is 11.3 Å². The Morgan fingerprint density at radius 1 is 1.32 bits per heavy atom. The summed E-state index contributed by atoms with van der Waals surface area (Å²) in [7, 11) is 1.39. The number of hydrogen-bond acceptors (Lipinski definition) is 4.